The number of benzene rings is 1. The number of nitrogens with zero attached hydrogens (tertiary/aromatic N) is 1. The van der Waals surface area contributed by atoms with Crippen molar-refractivity contribution in [1.29, 1.82) is 0 Å². The third kappa shape index (κ3) is 3.21. The lowest BCUT2D eigenvalue weighted by Crippen LogP contribution is -2.51. The van der Waals surface area contributed by atoms with Gasteiger partial charge in [0.15, 0.2) is 0 Å². The summed E-state index contributed by atoms with van der Waals surface area (Å²) in [5, 5.41) is 0. The van der Waals surface area contributed by atoms with Gasteiger partial charge in [-0.2, -0.15) is 0 Å². The minimum atomic E-state index is -0.201. The van der Waals surface area contributed by atoms with E-state index in [1.165, 1.54) is 31.7 Å². The first-order valence-electron chi connectivity index (χ1n) is 7.69. The molecule has 1 heterocycles. The molecular weight excluding hydrogens is 251 g/mol. The van der Waals surface area contributed by atoms with Crippen molar-refractivity contribution in [2.24, 2.45) is 5.73 Å². The van der Waals surface area contributed by atoms with Crippen LogP contribution in [0.5, 0.6) is 0 Å². The molecule has 0 aromatic heterocycles. The third-order valence-electron chi connectivity index (χ3n) is 4.76. The highest BCUT2D eigenvalue weighted by molar-refractivity contribution is 5.31. The highest BCUT2D eigenvalue weighted by Crippen LogP contribution is 2.32. The van der Waals surface area contributed by atoms with Gasteiger partial charge in [-0.25, -0.2) is 4.39 Å². The Morgan fingerprint density at radius 1 is 1.15 bits per heavy atom. The van der Waals surface area contributed by atoms with Crippen LogP contribution in [0, 0.1) is 12.7 Å². The molecular formula is C17H27FN2. The van der Waals surface area contributed by atoms with Gasteiger partial charge >= 0.3 is 0 Å². The molecule has 1 aliphatic heterocycles. The third-order valence-corrected chi connectivity index (χ3v) is 4.76. The van der Waals surface area contributed by atoms with Gasteiger partial charge in [-0.3, -0.25) is 4.90 Å². The van der Waals surface area contributed by atoms with Crippen LogP contribution in [0.15, 0.2) is 18.2 Å². The lowest BCUT2D eigenvalue weighted by Gasteiger charge is -2.43. The molecule has 2 N–H and O–H groups in total. The van der Waals surface area contributed by atoms with Crippen molar-refractivity contribution in [2.45, 2.75) is 58.0 Å². The van der Waals surface area contributed by atoms with Crippen LogP contribution in [0.3, 0.4) is 0 Å². The largest absolute Gasteiger partial charge is 0.322 e. The molecule has 0 saturated carbocycles. The summed E-state index contributed by atoms with van der Waals surface area (Å²) in [5.74, 6) is -0.201. The van der Waals surface area contributed by atoms with Crippen molar-refractivity contribution >= 4 is 0 Å². The summed E-state index contributed by atoms with van der Waals surface area (Å²) in [6, 6.07) is 4.75. The molecule has 1 fully saturated rings. The van der Waals surface area contributed by atoms with Crippen molar-refractivity contribution in [1.82, 2.24) is 4.90 Å². The quantitative estimate of drug-likeness (QED) is 0.911. The van der Waals surface area contributed by atoms with E-state index in [0.717, 1.165) is 24.2 Å². The van der Waals surface area contributed by atoms with E-state index in [-0.39, 0.29) is 17.4 Å². The fourth-order valence-corrected chi connectivity index (χ4v) is 3.17. The van der Waals surface area contributed by atoms with Crippen molar-refractivity contribution in [3.63, 3.8) is 0 Å². The second kappa shape index (κ2) is 6.23. The predicted molar refractivity (Wildman–Crippen MR) is 82.2 cm³/mol. The average Bonchev–Trinajstić information content (AvgIpc) is 2.70. The van der Waals surface area contributed by atoms with Crippen LogP contribution < -0.4 is 5.73 Å². The second-order valence-corrected chi connectivity index (χ2v) is 6.53. The van der Waals surface area contributed by atoms with Crippen LogP contribution in [0.2, 0.25) is 0 Å². The summed E-state index contributed by atoms with van der Waals surface area (Å²) in [6.45, 7) is 8.57. The molecule has 0 aliphatic carbocycles. The van der Waals surface area contributed by atoms with E-state index >= 15 is 0 Å². The molecule has 112 valence electrons. The maximum atomic E-state index is 13.5. The summed E-state index contributed by atoms with van der Waals surface area (Å²) in [7, 11) is 0. The Morgan fingerprint density at radius 2 is 1.75 bits per heavy atom. The molecule has 3 heteroatoms. The van der Waals surface area contributed by atoms with Crippen molar-refractivity contribution < 1.29 is 4.39 Å². The first-order chi connectivity index (χ1) is 9.43. The zero-order chi connectivity index (χ0) is 14.8. The number of halogens is 1. The topological polar surface area (TPSA) is 29.3 Å². The minimum Gasteiger partial charge on any atom is -0.322 e. The van der Waals surface area contributed by atoms with Gasteiger partial charge in [-0.15, -0.1) is 0 Å². The molecule has 1 aromatic carbocycles. The molecule has 1 saturated heterocycles. The Kier molecular flexibility index (Phi) is 4.82. The Morgan fingerprint density at radius 3 is 2.35 bits per heavy atom. The van der Waals surface area contributed by atoms with E-state index in [9.17, 15) is 4.39 Å². The smallest absolute Gasteiger partial charge is 0.123 e. The Hall–Kier alpha value is -0.930. The Balaban J connectivity index is 2.24. The average molecular weight is 278 g/mol. The van der Waals surface area contributed by atoms with Gasteiger partial charge in [-0.1, -0.05) is 18.9 Å². The lowest BCUT2D eigenvalue weighted by molar-refractivity contribution is 0.0977. The van der Waals surface area contributed by atoms with E-state index in [2.05, 4.69) is 18.7 Å². The molecule has 1 aromatic rings. The van der Waals surface area contributed by atoms with E-state index in [0.29, 0.717) is 0 Å². The first kappa shape index (κ1) is 15.5. The van der Waals surface area contributed by atoms with Gasteiger partial charge in [0.25, 0.3) is 0 Å². The zero-order valence-corrected chi connectivity index (χ0v) is 13.0. The number of rotatable bonds is 3. The van der Waals surface area contributed by atoms with Gasteiger partial charge in [0.05, 0.1) is 0 Å². The second-order valence-electron chi connectivity index (χ2n) is 6.53. The van der Waals surface area contributed by atoms with Gasteiger partial charge < -0.3 is 5.73 Å². The van der Waals surface area contributed by atoms with Gasteiger partial charge in [0, 0.05) is 11.6 Å². The summed E-state index contributed by atoms with van der Waals surface area (Å²) in [4.78, 5) is 2.48. The summed E-state index contributed by atoms with van der Waals surface area (Å²) >= 11 is 0. The number of nitrogens with two attached hydrogens (primary N) is 1. The highest BCUT2D eigenvalue weighted by Gasteiger charge is 2.35. The molecule has 1 atom stereocenters. The minimum absolute atomic E-state index is 0.150. The normalized spacial score (nSPS) is 19.6. The molecule has 0 radical (unpaired) electrons. The number of hydrogen-bond acceptors (Lipinski definition) is 2. The zero-order valence-electron chi connectivity index (χ0n) is 13.0. The Bertz CT molecular complexity index is 448. The molecule has 0 spiro atoms. The maximum absolute atomic E-state index is 13.5. The van der Waals surface area contributed by atoms with Gasteiger partial charge in [0.1, 0.15) is 5.82 Å². The predicted octanol–water partition coefficient (Wildman–Crippen LogP) is 3.79. The Labute approximate surface area is 122 Å². The molecule has 20 heavy (non-hydrogen) atoms. The molecule has 0 amide bonds. The number of likely N-dealkylation sites (tertiary alicyclic amines) is 1. The molecule has 1 aliphatic rings. The van der Waals surface area contributed by atoms with E-state index in [1.807, 2.05) is 13.0 Å². The summed E-state index contributed by atoms with van der Waals surface area (Å²) < 4.78 is 13.5. The van der Waals surface area contributed by atoms with E-state index < -0.39 is 0 Å². The van der Waals surface area contributed by atoms with Crippen LogP contribution in [-0.2, 0) is 0 Å². The summed E-state index contributed by atoms with van der Waals surface area (Å²) in [6.07, 6.45) is 5.08. The van der Waals surface area contributed by atoms with Gasteiger partial charge in [0.2, 0.25) is 0 Å². The first-order valence-corrected chi connectivity index (χ1v) is 7.69. The highest BCUT2D eigenvalue weighted by atomic mass is 19.1. The maximum Gasteiger partial charge on any atom is 0.123 e. The lowest BCUT2D eigenvalue weighted by atomic mass is 9.85. The van der Waals surface area contributed by atoms with Crippen LogP contribution in [0.1, 0.15) is 56.7 Å². The van der Waals surface area contributed by atoms with Crippen molar-refractivity contribution in [2.75, 3.05) is 13.1 Å². The number of hydrogen-bond donors (Lipinski definition) is 1. The standard InChI is InChI=1S/C17H27FN2/c1-13-8-9-14(18)12-15(13)16(19)17(2,3)20-10-6-4-5-7-11-20/h8-9,12,16H,4-7,10-11,19H2,1-3H3. The monoisotopic (exact) mass is 278 g/mol. The van der Waals surface area contributed by atoms with Crippen LogP contribution in [0.4, 0.5) is 4.39 Å². The SMILES string of the molecule is Cc1ccc(F)cc1C(N)C(C)(C)N1CCCCCC1. The van der Waals surface area contributed by atoms with Crippen LogP contribution >= 0.6 is 0 Å². The van der Waals surface area contributed by atoms with Crippen LogP contribution in [0.25, 0.3) is 0 Å². The molecule has 2 rings (SSSR count). The molecule has 0 bridgehead atoms. The van der Waals surface area contributed by atoms with E-state index in [4.69, 9.17) is 5.73 Å². The van der Waals surface area contributed by atoms with E-state index in [1.54, 1.807) is 6.07 Å². The molecule has 1 unspecified atom stereocenters. The summed E-state index contributed by atoms with van der Waals surface area (Å²) in [5.41, 5.74) is 8.37. The molecule has 2 nitrogen and oxygen atoms in total. The fourth-order valence-electron chi connectivity index (χ4n) is 3.17. The van der Waals surface area contributed by atoms with Crippen LogP contribution in [-0.4, -0.2) is 23.5 Å². The van der Waals surface area contributed by atoms with Gasteiger partial charge in [-0.05, 0) is 70.0 Å². The number of aryl methyl sites for hydroxylation is 1. The van der Waals surface area contributed by atoms with Crippen molar-refractivity contribution in [3.05, 3.63) is 35.1 Å². The van der Waals surface area contributed by atoms with Crippen molar-refractivity contribution in [3.8, 4) is 0 Å². The fraction of sp³-hybridized carbons (Fsp3) is 0.647.